The Bertz CT molecular complexity index is 1540. The fraction of sp³-hybridized carbons (Fsp3) is 0.393. The number of hydrogen-bond acceptors (Lipinski definition) is 7. The molecule has 1 atom stereocenters. The zero-order valence-electron chi connectivity index (χ0n) is 23.4. The molecular weight excluding hydrogens is 559 g/mol. The lowest BCUT2D eigenvalue weighted by atomic mass is 10.0. The lowest BCUT2D eigenvalue weighted by Gasteiger charge is -2.40. The maximum Gasteiger partial charge on any atom is 0.418 e. The van der Waals surface area contributed by atoms with Crippen LogP contribution >= 0.6 is 0 Å². The second-order valence-electron chi connectivity index (χ2n) is 10.8. The quantitative estimate of drug-likeness (QED) is 0.405. The molecule has 0 spiro atoms. The Balaban J connectivity index is 1.57. The maximum atomic E-state index is 13.8. The lowest BCUT2D eigenvalue weighted by Crippen LogP contribution is -2.55. The van der Waals surface area contributed by atoms with Crippen LogP contribution in [-0.4, -0.2) is 60.7 Å². The summed E-state index contributed by atoms with van der Waals surface area (Å²) in [6.45, 7) is 10.0. The first-order chi connectivity index (χ1) is 19.0. The van der Waals surface area contributed by atoms with E-state index in [0.29, 0.717) is 31.0 Å². The van der Waals surface area contributed by atoms with Gasteiger partial charge >= 0.3 is 12.3 Å². The molecule has 2 aromatic heterocycles. The molecule has 9 nitrogen and oxygen atoms in total. The van der Waals surface area contributed by atoms with Crippen molar-refractivity contribution in [1.82, 2.24) is 14.9 Å². The highest BCUT2D eigenvalue weighted by molar-refractivity contribution is 7.92. The van der Waals surface area contributed by atoms with Crippen molar-refractivity contribution < 1.29 is 31.1 Å². The van der Waals surface area contributed by atoms with Crippen LogP contribution in [0.4, 0.5) is 29.6 Å². The third-order valence-electron chi connectivity index (χ3n) is 6.40. The number of carbonyl (C=O) groups excluding carboxylic acids is 1. The topological polar surface area (TPSA) is 105 Å². The number of aromatic nitrogens is 2. The molecule has 3 aromatic rings. The summed E-state index contributed by atoms with van der Waals surface area (Å²) in [5.74, 6) is 0.104. The summed E-state index contributed by atoms with van der Waals surface area (Å²) in [5, 5.41) is -0.323. The number of carbonyl (C=O) groups is 1. The number of ether oxygens (including phenoxy) is 1. The van der Waals surface area contributed by atoms with E-state index < -0.39 is 33.5 Å². The molecule has 0 radical (unpaired) electrons. The Morgan fingerprint density at radius 3 is 2.34 bits per heavy atom. The smallest absolute Gasteiger partial charge is 0.418 e. The van der Waals surface area contributed by atoms with Crippen molar-refractivity contribution in [3.8, 4) is 11.3 Å². The largest absolute Gasteiger partial charge is 0.444 e. The van der Waals surface area contributed by atoms with E-state index in [1.807, 2.05) is 11.8 Å². The van der Waals surface area contributed by atoms with Crippen LogP contribution in [-0.2, 0) is 20.9 Å². The Hall–Kier alpha value is -3.87. The molecule has 1 amide bonds. The molecular formula is C28H32F3N5O4S. The monoisotopic (exact) mass is 591 g/mol. The van der Waals surface area contributed by atoms with Gasteiger partial charge in [-0.15, -0.1) is 0 Å². The van der Waals surface area contributed by atoms with Crippen LogP contribution in [0.5, 0.6) is 0 Å². The average molecular weight is 592 g/mol. The number of hydrogen-bond donors (Lipinski definition) is 1. The van der Waals surface area contributed by atoms with Crippen molar-refractivity contribution in [2.75, 3.05) is 29.3 Å². The van der Waals surface area contributed by atoms with Crippen molar-refractivity contribution in [1.29, 1.82) is 0 Å². The van der Waals surface area contributed by atoms with Gasteiger partial charge in [-0.25, -0.2) is 14.8 Å². The van der Waals surface area contributed by atoms with Crippen molar-refractivity contribution in [2.45, 2.75) is 57.5 Å². The third kappa shape index (κ3) is 7.07. The van der Waals surface area contributed by atoms with Crippen LogP contribution in [0.2, 0.25) is 0 Å². The molecule has 1 fully saturated rings. The number of benzene rings is 1. The Labute approximate surface area is 237 Å². The molecule has 1 aromatic carbocycles. The van der Waals surface area contributed by atoms with E-state index in [9.17, 15) is 26.4 Å². The van der Waals surface area contributed by atoms with Crippen LogP contribution < -0.4 is 9.62 Å². The van der Waals surface area contributed by atoms with Crippen LogP contribution in [0.25, 0.3) is 11.3 Å². The molecule has 41 heavy (non-hydrogen) atoms. The number of nitrogens with zero attached hydrogens (tertiary/aromatic N) is 4. The minimum absolute atomic E-state index is 0.227. The van der Waals surface area contributed by atoms with Gasteiger partial charge in [0.1, 0.15) is 17.2 Å². The van der Waals surface area contributed by atoms with Gasteiger partial charge < -0.3 is 14.5 Å². The molecule has 220 valence electrons. The highest BCUT2D eigenvalue weighted by Gasteiger charge is 2.36. The number of aryl methyl sites for hydroxylation is 1. The predicted molar refractivity (Wildman–Crippen MR) is 149 cm³/mol. The summed E-state index contributed by atoms with van der Waals surface area (Å²) >= 11 is 0. The van der Waals surface area contributed by atoms with Gasteiger partial charge in [-0.1, -0.05) is 30.3 Å². The second kappa shape index (κ2) is 11.2. The molecule has 3 heterocycles. The number of halogens is 3. The molecule has 0 aliphatic carbocycles. The Kier molecular flexibility index (Phi) is 8.21. The van der Waals surface area contributed by atoms with E-state index in [1.165, 1.54) is 18.2 Å². The van der Waals surface area contributed by atoms with Crippen molar-refractivity contribution in [2.24, 2.45) is 0 Å². The van der Waals surface area contributed by atoms with Gasteiger partial charge in [-0.2, -0.15) is 21.6 Å². The van der Waals surface area contributed by atoms with Gasteiger partial charge in [-0.05, 0) is 64.4 Å². The summed E-state index contributed by atoms with van der Waals surface area (Å²) < 4.78 is 75.5. The summed E-state index contributed by atoms with van der Waals surface area (Å²) in [7, 11) is -4.31. The zero-order chi connectivity index (χ0) is 30.2. The number of rotatable bonds is 5. The first-order valence-corrected chi connectivity index (χ1v) is 14.4. The number of amides is 1. The normalized spacial score (nSPS) is 16.4. The molecule has 4 rings (SSSR count). The van der Waals surface area contributed by atoms with Gasteiger partial charge in [0.05, 0.1) is 11.3 Å². The van der Waals surface area contributed by atoms with Crippen molar-refractivity contribution in [3.05, 3.63) is 65.7 Å². The van der Waals surface area contributed by atoms with Gasteiger partial charge in [0.2, 0.25) is 0 Å². The third-order valence-corrected chi connectivity index (χ3v) is 7.66. The summed E-state index contributed by atoms with van der Waals surface area (Å²) in [6.07, 6.45) is -5.12. The van der Waals surface area contributed by atoms with E-state index >= 15 is 0 Å². The Morgan fingerprint density at radius 1 is 1.00 bits per heavy atom. The van der Waals surface area contributed by atoms with E-state index in [-0.39, 0.29) is 28.1 Å². The first kappa shape index (κ1) is 30.1. The van der Waals surface area contributed by atoms with Crippen LogP contribution in [0, 0.1) is 6.92 Å². The maximum absolute atomic E-state index is 13.8. The van der Waals surface area contributed by atoms with Gasteiger partial charge in [0.25, 0.3) is 10.0 Å². The molecule has 1 aliphatic rings. The SMILES string of the molecule is Cc1ccccc1-c1nc(NS(=O)(=O)c2cccc(N3CCN(C(=O)OC(C)(C)C)[C@H](C)C3)n2)ccc1C(F)(F)F. The fourth-order valence-corrected chi connectivity index (χ4v) is 5.43. The van der Waals surface area contributed by atoms with Crippen molar-refractivity contribution >= 4 is 27.8 Å². The van der Waals surface area contributed by atoms with Crippen molar-refractivity contribution in [3.63, 3.8) is 0 Å². The number of anilines is 2. The average Bonchev–Trinajstić information content (AvgIpc) is 2.87. The number of pyridine rings is 2. The summed E-state index contributed by atoms with van der Waals surface area (Å²) in [6, 6.07) is 12.5. The van der Waals surface area contributed by atoms with Gasteiger partial charge in [-0.3, -0.25) is 4.72 Å². The number of piperazine rings is 1. The zero-order valence-corrected chi connectivity index (χ0v) is 24.2. The molecule has 1 N–H and O–H groups in total. The van der Waals surface area contributed by atoms with Gasteiger partial charge in [0, 0.05) is 31.2 Å². The Morgan fingerprint density at radius 2 is 1.71 bits per heavy atom. The minimum atomic E-state index is -4.69. The number of sulfonamides is 1. The highest BCUT2D eigenvalue weighted by Crippen LogP contribution is 2.38. The van der Waals surface area contributed by atoms with Crippen LogP contribution in [0.15, 0.2) is 59.6 Å². The van der Waals surface area contributed by atoms with Crippen LogP contribution in [0.1, 0.15) is 38.8 Å². The first-order valence-electron chi connectivity index (χ1n) is 12.9. The summed E-state index contributed by atoms with van der Waals surface area (Å²) in [5.41, 5.74) is -1.20. The molecule has 1 aliphatic heterocycles. The summed E-state index contributed by atoms with van der Waals surface area (Å²) in [4.78, 5) is 24.4. The predicted octanol–water partition coefficient (Wildman–Crippen LogP) is 5.72. The minimum Gasteiger partial charge on any atom is -0.444 e. The second-order valence-corrected chi connectivity index (χ2v) is 12.4. The number of alkyl halides is 3. The standard InChI is InChI=1S/C28H32F3N5O4S/c1-18-9-6-7-10-20(18)25-21(28(29,30)31)13-14-22(32-25)34-41(38,39)24-12-8-11-23(33-24)35-15-16-36(19(2)17-35)26(37)40-27(3,4)5/h6-14,19H,15-17H2,1-5H3,(H,32,34)/t19-/m1/s1. The molecule has 13 heteroatoms. The van der Waals surface area contributed by atoms with Crippen LogP contribution in [0.3, 0.4) is 0 Å². The van der Waals surface area contributed by atoms with E-state index in [4.69, 9.17) is 4.74 Å². The highest BCUT2D eigenvalue weighted by atomic mass is 32.2. The molecule has 0 bridgehead atoms. The van der Waals surface area contributed by atoms with E-state index in [2.05, 4.69) is 14.7 Å². The molecule has 0 unspecified atom stereocenters. The lowest BCUT2D eigenvalue weighted by molar-refractivity contribution is -0.137. The number of nitrogens with one attached hydrogen (secondary N) is 1. The van der Waals surface area contributed by atoms with E-state index in [0.717, 1.165) is 12.1 Å². The van der Waals surface area contributed by atoms with Gasteiger partial charge in [0.15, 0.2) is 5.03 Å². The molecule has 1 saturated heterocycles. The van der Waals surface area contributed by atoms with E-state index in [1.54, 1.807) is 56.9 Å². The fourth-order valence-electron chi connectivity index (χ4n) is 4.47. The molecule has 0 saturated carbocycles.